The van der Waals surface area contributed by atoms with Crippen LogP contribution in [0, 0.1) is 17.2 Å². The number of rotatable bonds is 7. The average molecular weight is 544 g/mol. The Morgan fingerprint density at radius 3 is 2.62 bits per heavy atom. The minimum absolute atomic E-state index is 0.00823. The van der Waals surface area contributed by atoms with E-state index in [0.29, 0.717) is 56.0 Å². The Bertz CT molecular complexity index is 1450. The lowest BCUT2D eigenvalue weighted by atomic mass is 9.82. The molecule has 1 amide bonds. The number of aromatic nitrogens is 2. The van der Waals surface area contributed by atoms with Crippen molar-refractivity contribution in [1.82, 2.24) is 15.1 Å². The third-order valence-corrected chi connectivity index (χ3v) is 6.89. The minimum atomic E-state index is -0.582. The summed E-state index contributed by atoms with van der Waals surface area (Å²) in [5, 5.41) is 17.6. The van der Waals surface area contributed by atoms with Gasteiger partial charge in [0.05, 0.1) is 37.0 Å². The van der Waals surface area contributed by atoms with Crippen molar-refractivity contribution in [1.29, 1.82) is 5.26 Å². The molecule has 1 atom stereocenters. The highest BCUT2D eigenvalue weighted by Gasteiger charge is 2.36. The molecule has 3 aromatic rings. The zero-order valence-corrected chi connectivity index (χ0v) is 22.9. The summed E-state index contributed by atoms with van der Waals surface area (Å²) in [7, 11) is 0. The zero-order chi connectivity index (χ0) is 28.2. The average Bonchev–Trinajstić information content (AvgIpc) is 3.37. The van der Waals surface area contributed by atoms with E-state index in [9.17, 15) is 10.1 Å². The summed E-state index contributed by atoms with van der Waals surface area (Å²) in [6, 6.07) is 15.8. The van der Waals surface area contributed by atoms with Gasteiger partial charge in [0.2, 0.25) is 11.8 Å². The van der Waals surface area contributed by atoms with Crippen LogP contribution in [0.2, 0.25) is 0 Å². The number of ether oxygens (including phenoxy) is 4. The third kappa shape index (κ3) is 5.46. The monoisotopic (exact) mass is 543 g/mol. The molecule has 2 aromatic carbocycles. The number of fused-ring (bicyclic) bond motifs is 1. The Kier molecular flexibility index (Phi) is 7.94. The molecule has 0 aliphatic carbocycles. The number of hydrogen-bond donors (Lipinski definition) is 2. The summed E-state index contributed by atoms with van der Waals surface area (Å²) in [6.07, 6.45) is 0.512. The number of benzene rings is 2. The lowest BCUT2D eigenvalue weighted by Gasteiger charge is -2.27. The van der Waals surface area contributed by atoms with Gasteiger partial charge in [-0.3, -0.25) is 5.10 Å². The first-order chi connectivity index (χ1) is 19.4. The molecular formula is C30H33N5O5. The van der Waals surface area contributed by atoms with E-state index in [1.54, 1.807) is 23.1 Å². The van der Waals surface area contributed by atoms with Crippen molar-refractivity contribution < 1.29 is 23.7 Å². The van der Waals surface area contributed by atoms with Gasteiger partial charge in [-0.15, -0.1) is 5.10 Å². The minimum Gasteiger partial charge on any atom is -0.490 e. The van der Waals surface area contributed by atoms with Gasteiger partial charge in [-0.05, 0) is 42.5 Å². The fourth-order valence-electron chi connectivity index (χ4n) is 5.04. The van der Waals surface area contributed by atoms with Crippen LogP contribution < -0.4 is 19.9 Å². The zero-order valence-electron chi connectivity index (χ0n) is 22.9. The molecule has 3 heterocycles. The Balaban J connectivity index is 1.53. The number of nitrogens with zero attached hydrogens (tertiary/aromatic N) is 3. The fourth-order valence-corrected chi connectivity index (χ4v) is 5.04. The van der Waals surface area contributed by atoms with Crippen LogP contribution in [0.5, 0.6) is 17.4 Å². The van der Waals surface area contributed by atoms with Gasteiger partial charge in [-0.2, -0.15) is 5.26 Å². The number of morpholine rings is 1. The number of amides is 1. The van der Waals surface area contributed by atoms with Gasteiger partial charge >= 0.3 is 6.09 Å². The number of nitriles is 1. The van der Waals surface area contributed by atoms with E-state index < -0.39 is 12.0 Å². The van der Waals surface area contributed by atoms with Gasteiger partial charge < -0.3 is 29.6 Å². The molecule has 10 heteroatoms. The first-order valence-corrected chi connectivity index (χ1v) is 13.5. The maximum absolute atomic E-state index is 12.8. The van der Waals surface area contributed by atoms with E-state index in [4.69, 9.17) is 24.7 Å². The molecular weight excluding hydrogens is 510 g/mol. The molecule has 2 aliphatic heterocycles. The predicted octanol–water partition coefficient (Wildman–Crippen LogP) is 4.72. The summed E-state index contributed by atoms with van der Waals surface area (Å²) in [6.45, 7) is 8.44. The van der Waals surface area contributed by atoms with Crippen LogP contribution in [0.4, 0.5) is 4.79 Å². The van der Waals surface area contributed by atoms with E-state index in [-0.39, 0.29) is 17.2 Å². The number of nitrogens with two attached hydrogens (primary N) is 1. The Hall–Kier alpha value is -4.49. The summed E-state index contributed by atoms with van der Waals surface area (Å²) >= 11 is 0. The second kappa shape index (κ2) is 11.7. The maximum atomic E-state index is 12.8. The SMILES string of the molecule is CCOc1cc([C@@H]2C(C#N)=C(N)Oc3n[nH]c(-c4ccc(CC(C)C)cc4)c32)ccc1OC(=O)N1CCOCC1. The van der Waals surface area contributed by atoms with E-state index >= 15 is 0 Å². The van der Waals surface area contributed by atoms with Crippen LogP contribution in [-0.2, 0) is 11.2 Å². The van der Waals surface area contributed by atoms with Crippen LogP contribution in [0.1, 0.15) is 43.4 Å². The number of carbonyl (C=O) groups excluding carboxylic acids is 1. The van der Waals surface area contributed by atoms with Gasteiger partial charge in [0.25, 0.3) is 0 Å². The third-order valence-electron chi connectivity index (χ3n) is 6.89. The highest BCUT2D eigenvalue weighted by molar-refractivity contribution is 5.73. The number of aromatic amines is 1. The number of allylic oxidation sites excluding steroid dienone is 1. The molecule has 5 rings (SSSR count). The van der Waals surface area contributed by atoms with E-state index in [1.807, 2.05) is 19.1 Å². The highest BCUT2D eigenvalue weighted by Crippen LogP contribution is 2.47. The van der Waals surface area contributed by atoms with Gasteiger partial charge in [0, 0.05) is 18.7 Å². The molecule has 208 valence electrons. The summed E-state index contributed by atoms with van der Waals surface area (Å²) < 4.78 is 22.7. The predicted molar refractivity (Wildman–Crippen MR) is 148 cm³/mol. The molecule has 0 spiro atoms. The standard InChI is InChI=1S/C30H33N5O5/c1-4-38-24-16-21(9-10-23(24)39-30(36)35-11-13-37-14-12-35)25-22(17-31)28(32)40-29-26(25)27(33-34-29)20-7-5-19(6-8-20)15-18(2)3/h5-10,16,18,25H,4,11-15,32H2,1-3H3,(H,33,34)/t25-/m1/s1. The molecule has 0 saturated carbocycles. The van der Waals surface area contributed by atoms with Crippen molar-refractivity contribution >= 4 is 6.09 Å². The Morgan fingerprint density at radius 2 is 1.95 bits per heavy atom. The molecule has 10 nitrogen and oxygen atoms in total. The van der Waals surface area contributed by atoms with Gasteiger partial charge in [0.15, 0.2) is 11.5 Å². The Labute approximate surface area is 233 Å². The van der Waals surface area contributed by atoms with Crippen LogP contribution in [0.15, 0.2) is 53.9 Å². The van der Waals surface area contributed by atoms with E-state index in [2.05, 4.69) is 42.2 Å². The van der Waals surface area contributed by atoms with Crippen molar-refractivity contribution in [2.45, 2.75) is 33.1 Å². The van der Waals surface area contributed by atoms with Crippen molar-refractivity contribution in [2.75, 3.05) is 32.9 Å². The van der Waals surface area contributed by atoms with Gasteiger partial charge in [-0.25, -0.2) is 4.79 Å². The van der Waals surface area contributed by atoms with Crippen LogP contribution in [-0.4, -0.2) is 54.1 Å². The van der Waals surface area contributed by atoms with Crippen LogP contribution in [0.25, 0.3) is 11.3 Å². The summed E-state index contributed by atoms with van der Waals surface area (Å²) in [4.78, 5) is 14.4. The van der Waals surface area contributed by atoms with E-state index in [1.165, 1.54) is 5.56 Å². The van der Waals surface area contributed by atoms with Crippen molar-refractivity contribution in [3.8, 4) is 34.7 Å². The van der Waals surface area contributed by atoms with Crippen molar-refractivity contribution in [2.24, 2.45) is 11.7 Å². The normalized spacial score (nSPS) is 16.8. The van der Waals surface area contributed by atoms with Crippen molar-refractivity contribution in [3.05, 3.63) is 70.6 Å². The first-order valence-electron chi connectivity index (χ1n) is 13.5. The summed E-state index contributed by atoms with van der Waals surface area (Å²) in [5.41, 5.74) is 10.7. The topological polar surface area (TPSA) is 136 Å². The number of nitrogens with one attached hydrogen (secondary N) is 1. The van der Waals surface area contributed by atoms with E-state index in [0.717, 1.165) is 23.2 Å². The molecule has 2 aliphatic rings. The number of H-pyrrole nitrogens is 1. The molecule has 40 heavy (non-hydrogen) atoms. The fraction of sp³-hybridized carbons (Fsp3) is 0.367. The number of carbonyl (C=O) groups is 1. The largest absolute Gasteiger partial charge is 0.490 e. The maximum Gasteiger partial charge on any atom is 0.415 e. The van der Waals surface area contributed by atoms with Crippen LogP contribution in [0.3, 0.4) is 0 Å². The molecule has 1 fully saturated rings. The smallest absolute Gasteiger partial charge is 0.415 e. The first kappa shape index (κ1) is 27.1. The molecule has 0 unspecified atom stereocenters. The molecule has 3 N–H and O–H groups in total. The number of hydrogen-bond acceptors (Lipinski definition) is 8. The lowest BCUT2D eigenvalue weighted by molar-refractivity contribution is 0.0413. The summed E-state index contributed by atoms with van der Waals surface area (Å²) in [5.74, 6) is 0.938. The second-order valence-corrected chi connectivity index (χ2v) is 10.1. The quantitative estimate of drug-likeness (QED) is 0.437. The van der Waals surface area contributed by atoms with Crippen LogP contribution >= 0.6 is 0 Å². The highest BCUT2D eigenvalue weighted by atomic mass is 16.6. The van der Waals surface area contributed by atoms with Gasteiger partial charge in [0.1, 0.15) is 11.6 Å². The Morgan fingerprint density at radius 1 is 1.20 bits per heavy atom. The molecule has 0 bridgehead atoms. The van der Waals surface area contributed by atoms with Gasteiger partial charge in [-0.1, -0.05) is 44.2 Å². The lowest BCUT2D eigenvalue weighted by Crippen LogP contribution is -2.42. The molecule has 0 radical (unpaired) electrons. The molecule has 1 saturated heterocycles. The second-order valence-electron chi connectivity index (χ2n) is 10.1. The van der Waals surface area contributed by atoms with Crippen molar-refractivity contribution in [3.63, 3.8) is 0 Å². The molecule has 1 aromatic heterocycles.